The highest BCUT2D eigenvalue weighted by Gasteiger charge is 2.35. The Hall–Kier alpha value is -2.22. The van der Waals surface area contributed by atoms with Gasteiger partial charge in [0, 0.05) is 18.8 Å². The third-order valence-electron chi connectivity index (χ3n) is 6.69. The van der Waals surface area contributed by atoms with Crippen molar-refractivity contribution in [1.82, 2.24) is 15.5 Å². The maximum absolute atomic E-state index is 14.0. The number of hydrogen-bond acceptors (Lipinski definition) is 5. The van der Waals surface area contributed by atoms with Crippen LogP contribution < -0.4 is 10.6 Å². The Morgan fingerprint density at radius 3 is 2.13 bits per heavy atom. The Morgan fingerprint density at radius 1 is 0.923 bits per heavy atom. The molecule has 2 atom stereocenters. The van der Waals surface area contributed by atoms with Gasteiger partial charge >= 0.3 is 6.09 Å². The van der Waals surface area contributed by atoms with E-state index in [0.717, 1.165) is 68.1 Å². The molecule has 0 aromatic heterocycles. The van der Waals surface area contributed by atoms with E-state index in [0.29, 0.717) is 13.1 Å². The highest BCUT2D eigenvalue weighted by molar-refractivity contribution is 7.80. The average molecular weight is 564 g/mol. The Morgan fingerprint density at radius 2 is 1.54 bits per heavy atom. The summed E-state index contributed by atoms with van der Waals surface area (Å²) in [4.78, 5) is 41.9. The van der Waals surface area contributed by atoms with E-state index in [1.54, 1.807) is 25.7 Å². The van der Waals surface area contributed by atoms with Crippen LogP contribution in [0.25, 0.3) is 0 Å². The van der Waals surface area contributed by atoms with Crippen LogP contribution in [0.3, 0.4) is 0 Å². The monoisotopic (exact) mass is 563 g/mol. The molecule has 0 spiro atoms. The van der Waals surface area contributed by atoms with Gasteiger partial charge < -0.3 is 20.3 Å². The normalized spacial score (nSPS) is 12.9. The molecule has 0 radical (unpaired) electrons. The van der Waals surface area contributed by atoms with Crippen LogP contribution in [-0.4, -0.2) is 53.3 Å². The van der Waals surface area contributed by atoms with E-state index in [4.69, 9.17) is 4.74 Å². The number of aryl methyl sites for hydroxylation is 2. The number of unbranched alkanes of at least 4 members (excludes halogenated alkanes) is 7. The number of amides is 3. The molecule has 0 heterocycles. The van der Waals surface area contributed by atoms with Gasteiger partial charge in [0.2, 0.25) is 11.8 Å². The van der Waals surface area contributed by atoms with Gasteiger partial charge in [0.15, 0.2) is 0 Å². The zero-order chi connectivity index (χ0) is 29.4. The van der Waals surface area contributed by atoms with Gasteiger partial charge in [-0.15, -0.1) is 0 Å². The van der Waals surface area contributed by atoms with Crippen molar-refractivity contribution in [2.75, 3.05) is 18.8 Å². The summed E-state index contributed by atoms with van der Waals surface area (Å²) in [5.41, 5.74) is 2.24. The van der Waals surface area contributed by atoms with E-state index in [2.05, 4.69) is 37.1 Å². The fourth-order valence-electron chi connectivity index (χ4n) is 4.36. The Kier molecular flexibility index (Phi) is 16.2. The molecule has 1 aromatic rings. The lowest BCUT2D eigenvalue weighted by molar-refractivity contribution is -0.142. The SMILES string of the molecule is CCCCCCCCN(C(=O)C(CS)NC(=O)OC(C)(C)C)C(C(=O)NCCCCC)c1ccc(C)c(C)c1. The second-order valence-electron chi connectivity index (χ2n) is 11.4. The third kappa shape index (κ3) is 13.1. The van der Waals surface area contributed by atoms with Gasteiger partial charge in [0.25, 0.3) is 0 Å². The number of ether oxygens (including phenoxy) is 1. The van der Waals surface area contributed by atoms with Crippen LogP contribution in [0.2, 0.25) is 0 Å². The van der Waals surface area contributed by atoms with E-state index in [1.165, 1.54) is 6.42 Å². The van der Waals surface area contributed by atoms with Crippen molar-refractivity contribution in [1.29, 1.82) is 0 Å². The molecule has 1 rings (SSSR count). The average Bonchev–Trinajstić information content (AvgIpc) is 2.86. The molecule has 0 aliphatic carbocycles. The van der Waals surface area contributed by atoms with Crippen molar-refractivity contribution in [3.05, 3.63) is 34.9 Å². The van der Waals surface area contributed by atoms with Gasteiger partial charge in [-0.3, -0.25) is 9.59 Å². The second kappa shape index (κ2) is 18.2. The molecule has 0 bridgehead atoms. The Balaban J connectivity index is 3.34. The number of carbonyl (C=O) groups is 3. The van der Waals surface area contributed by atoms with Gasteiger partial charge in [-0.1, -0.05) is 77.0 Å². The summed E-state index contributed by atoms with van der Waals surface area (Å²) >= 11 is 4.38. The minimum atomic E-state index is -0.926. The lowest BCUT2D eigenvalue weighted by Gasteiger charge is -2.34. The van der Waals surface area contributed by atoms with E-state index < -0.39 is 23.8 Å². The molecule has 8 heteroatoms. The topological polar surface area (TPSA) is 87.7 Å². The number of thiol groups is 1. The smallest absolute Gasteiger partial charge is 0.408 e. The first kappa shape index (κ1) is 34.8. The summed E-state index contributed by atoms with van der Waals surface area (Å²) in [5.74, 6) is -0.455. The van der Waals surface area contributed by atoms with E-state index in [-0.39, 0.29) is 17.6 Å². The van der Waals surface area contributed by atoms with Crippen LogP contribution in [0.15, 0.2) is 18.2 Å². The summed E-state index contributed by atoms with van der Waals surface area (Å²) in [7, 11) is 0. The molecule has 0 aliphatic rings. The molecule has 1 aromatic carbocycles. The lowest BCUT2D eigenvalue weighted by atomic mass is 9.98. The molecule has 2 N–H and O–H groups in total. The minimum absolute atomic E-state index is 0.0862. The van der Waals surface area contributed by atoms with Gasteiger partial charge in [0.1, 0.15) is 17.7 Å². The van der Waals surface area contributed by atoms with Crippen molar-refractivity contribution >= 4 is 30.5 Å². The van der Waals surface area contributed by atoms with Crippen LogP contribution in [-0.2, 0) is 14.3 Å². The van der Waals surface area contributed by atoms with Gasteiger partial charge in [0.05, 0.1) is 0 Å². The molecule has 7 nitrogen and oxygen atoms in total. The zero-order valence-corrected chi connectivity index (χ0v) is 26.3. The third-order valence-corrected chi connectivity index (χ3v) is 7.06. The zero-order valence-electron chi connectivity index (χ0n) is 25.4. The highest BCUT2D eigenvalue weighted by atomic mass is 32.1. The quantitative estimate of drug-likeness (QED) is 0.146. The second-order valence-corrected chi connectivity index (χ2v) is 11.8. The summed E-state index contributed by atoms with van der Waals surface area (Å²) in [6.07, 6.45) is 8.61. The lowest BCUT2D eigenvalue weighted by Crippen LogP contribution is -2.54. The summed E-state index contributed by atoms with van der Waals surface area (Å²) in [5, 5.41) is 5.76. The van der Waals surface area contributed by atoms with E-state index in [1.807, 2.05) is 32.0 Å². The van der Waals surface area contributed by atoms with Crippen LogP contribution in [0, 0.1) is 13.8 Å². The first-order valence-electron chi connectivity index (χ1n) is 14.7. The molecule has 0 saturated carbocycles. The van der Waals surface area contributed by atoms with Crippen LogP contribution in [0.5, 0.6) is 0 Å². The molecular formula is C31H53N3O4S. The molecule has 2 unspecified atom stereocenters. The van der Waals surface area contributed by atoms with Crippen LogP contribution >= 0.6 is 12.6 Å². The van der Waals surface area contributed by atoms with E-state index in [9.17, 15) is 14.4 Å². The maximum atomic E-state index is 14.0. The van der Waals surface area contributed by atoms with Crippen LogP contribution in [0.4, 0.5) is 4.79 Å². The van der Waals surface area contributed by atoms with Crippen molar-refractivity contribution in [2.24, 2.45) is 0 Å². The number of nitrogens with zero attached hydrogens (tertiary/aromatic N) is 1. The number of rotatable bonds is 17. The van der Waals surface area contributed by atoms with Crippen molar-refractivity contribution in [3.63, 3.8) is 0 Å². The number of hydrogen-bond donors (Lipinski definition) is 3. The maximum Gasteiger partial charge on any atom is 0.408 e. The summed E-state index contributed by atoms with van der Waals surface area (Å²) in [6, 6.07) is 4.17. The summed E-state index contributed by atoms with van der Waals surface area (Å²) in [6.45, 7) is 14.6. The largest absolute Gasteiger partial charge is 0.444 e. The predicted molar refractivity (Wildman–Crippen MR) is 163 cm³/mol. The molecule has 222 valence electrons. The molecule has 0 fully saturated rings. The fourth-order valence-corrected chi connectivity index (χ4v) is 4.60. The van der Waals surface area contributed by atoms with Crippen molar-refractivity contribution in [2.45, 2.75) is 124 Å². The predicted octanol–water partition coefficient (Wildman–Crippen LogP) is 6.66. The Bertz CT molecular complexity index is 900. The molecule has 3 amide bonds. The minimum Gasteiger partial charge on any atom is -0.444 e. The number of alkyl carbamates (subject to hydrolysis) is 1. The van der Waals surface area contributed by atoms with Crippen molar-refractivity contribution < 1.29 is 19.1 Å². The van der Waals surface area contributed by atoms with Gasteiger partial charge in [-0.05, 0) is 64.2 Å². The molecule has 0 aliphatic heterocycles. The standard InChI is InChI=1S/C31H53N3O4S/c1-8-10-12-13-14-16-20-34(29(36)26(22-39)33-30(37)38-31(5,6)7)27(28(35)32-19-15-11-9-2)25-18-17-23(3)24(4)21-25/h17-18,21,26-27,39H,8-16,19-20,22H2,1-7H3,(H,32,35)(H,33,37). The van der Waals surface area contributed by atoms with Gasteiger partial charge in [-0.25, -0.2) is 4.79 Å². The number of carbonyl (C=O) groups excluding carboxylic acids is 3. The van der Waals surface area contributed by atoms with Gasteiger partial charge in [-0.2, -0.15) is 12.6 Å². The molecule has 0 saturated heterocycles. The fraction of sp³-hybridized carbons (Fsp3) is 0.710. The highest BCUT2D eigenvalue weighted by Crippen LogP contribution is 2.26. The molecule has 39 heavy (non-hydrogen) atoms. The summed E-state index contributed by atoms with van der Waals surface area (Å²) < 4.78 is 5.40. The van der Waals surface area contributed by atoms with Crippen molar-refractivity contribution in [3.8, 4) is 0 Å². The first-order valence-corrected chi connectivity index (χ1v) is 15.3. The van der Waals surface area contributed by atoms with E-state index >= 15 is 0 Å². The first-order chi connectivity index (χ1) is 18.4. The number of benzene rings is 1. The Labute approximate surface area is 242 Å². The molecular weight excluding hydrogens is 510 g/mol. The van der Waals surface area contributed by atoms with Crippen LogP contribution in [0.1, 0.15) is 115 Å². The number of nitrogens with one attached hydrogen (secondary N) is 2.